The van der Waals surface area contributed by atoms with Crippen molar-refractivity contribution >= 4 is 47.0 Å². The molecule has 1 unspecified atom stereocenters. The third-order valence-corrected chi connectivity index (χ3v) is 12.5. The molecule has 4 aromatic rings. The molecular weight excluding hydrogens is 897 g/mol. The van der Waals surface area contributed by atoms with E-state index in [1.807, 2.05) is 70.2 Å². The smallest absolute Gasteiger partial charge is 0.307 e. The molecule has 70 heavy (non-hydrogen) atoms. The molecule has 0 saturated carbocycles. The zero-order valence-corrected chi connectivity index (χ0v) is 41.2. The lowest BCUT2D eigenvalue weighted by molar-refractivity contribution is -0.154. The average Bonchev–Trinajstić information content (AvgIpc) is 3.78. The van der Waals surface area contributed by atoms with E-state index in [2.05, 4.69) is 52.6 Å². The van der Waals surface area contributed by atoms with Gasteiger partial charge in [-0.05, 0) is 114 Å². The lowest BCUT2D eigenvalue weighted by atomic mass is 10.0. The van der Waals surface area contributed by atoms with E-state index >= 15 is 0 Å². The van der Waals surface area contributed by atoms with E-state index in [0.29, 0.717) is 47.2 Å². The second kappa shape index (κ2) is 23.6. The largest absolute Gasteiger partial charge is 0.481 e. The topological polar surface area (TPSA) is 231 Å². The summed E-state index contributed by atoms with van der Waals surface area (Å²) in [6.07, 6.45) is 1.89. The molecule has 1 atom stereocenters. The second-order valence-electron chi connectivity index (χ2n) is 17.5. The number of carboxylic acids is 1. The number of nitrogens with one attached hydrogen (secondary N) is 5. The van der Waals surface area contributed by atoms with Crippen molar-refractivity contribution < 1.29 is 48.1 Å². The average molecular weight is 961 g/mol. The fourth-order valence-corrected chi connectivity index (χ4v) is 8.23. The van der Waals surface area contributed by atoms with Crippen LogP contribution in [0.5, 0.6) is 0 Å². The summed E-state index contributed by atoms with van der Waals surface area (Å²) in [5.74, 6) is -3.16. The number of pyridine rings is 1. The molecule has 2 aromatic heterocycles. The van der Waals surface area contributed by atoms with Gasteiger partial charge in [-0.15, -0.1) is 0 Å². The molecule has 2 aliphatic heterocycles. The molecule has 18 heteroatoms. The van der Waals surface area contributed by atoms with Gasteiger partial charge in [-0.3, -0.25) is 33.7 Å². The van der Waals surface area contributed by atoms with E-state index in [1.165, 1.54) is 5.56 Å². The molecular formula is C52H64N8O10. The first-order valence-corrected chi connectivity index (χ1v) is 23.5. The number of amides is 2. The molecule has 372 valence electrons. The minimum absolute atomic E-state index is 0.0548. The fourth-order valence-electron chi connectivity index (χ4n) is 8.23. The lowest BCUT2D eigenvalue weighted by Gasteiger charge is -2.36. The highest BCUT2D eigenvalue weighted by atomic mass is 16.6. The van der Waals surface area contributed by atoms with E-state index in [9.17, 15) is 28.8 Å². The minimum Gasteiger partial charge on any atom is -0.481 e. The summed E-state index contributed by atoms with van der Waals surface area (Å²) < 4.78 is 18.5. The highest BCUT2D eigenvalue weighted by Crippen LogP contribution is 2.35. The van der Waals surface area contributed by atoms with E-state index in [0.717, 1.165) is 44.9 Å². The summed E-state index contributed by atoms with van der Waals surface area (Å²) in [7, 11) is 0. The molecule has 18 nitrogen and oxygen atoms in total. The van der Waals surface area contributed by atoms with E-state index in [-0.39, 0.29) is 76.3 Å². The molecule has 4 heterocycles. The maximum absolute atomic E-state index is 13.9. The number of nitrogens with zero attached hydrogens (tertiary/aromatic N) is 3. The maximum Gasteiger partial charge on any atom is 0.307 e. The van der Waals surface area contributed by atoms with Gasteiger partial charge in [0.1, 0.15) is 19.0 Å². The lowest BCUT2D eigenvalue weighted by Crippen LogP contribution is -2.47. The number of rotatable bonds is 23. The molecule has 0 fully saturated rings. The number of aryl methyl sites for hydroxylation is 6. The number of carboxylic acid groups (broad SMARTS) is 1. The van der Waals surface area contributed by atoms with Crippen LogP contribution in [-0.4, -0.2) is 87.6 Å². The van der Waals surface area contributed by atoms with Gasteiger partial charge in [0.05, 0.1) is 41.3 Å². The van der Waals surface area contributed by atoms with Crippen LogP contribution in [0.1, 0.15) is 107 Å². The number of carbonyl (C=O) groups excluding carboxylic acids is 5. The Kier molecular flexibility index (Phi) is 17.4. The number of hydrogen-bond donors (Lipinski definition) is 6. The predicted octanol–water partition coefficient (Wildman–Crippen LogP) is 6.08. The number of carbonyl (C=O) groups is 6. The third kappa shape index (κ3) is 12.9. The quantitative estimate of drug-likeness (QED) is 0.0281. The molecule has 0 radical (unpaired) electrons. The van der Waals surface area contributed by atoms with Crippen molar-refractivity contribution in [2.75, 3.05) is 31.6 Å². The number of ether oxygens (including phenoxy) is 3. The second-order valence-corrected chi connectivity index (χ2v) is 17.5. The van der Waals surface area contributed by atoms with E-state index in [1.54, 1.807) is 23.2 Å². The van der Waals surface area contributed by atoms with Crippen molar-refractivity contribution in [3.8, 4) is 0 Å². The zero-order chi connectivity index (χ0) is 50.6. The maximum atomic E-state index is 13.9. The molecule has 0 aliphatic carbocycles. The van der Waals surface area contributed by atoms with Crippen molar-refractivity contribution in [1.82, 2.24) is 35.6 Å². The molecule has 6 rings (SSSR count). The third-order valence-electron chi connectivity index (χ3n) is 12.5. The van der Waals surface area contributed by atoms with Crippen LogP contribution < -0.4 is 26.6 Å². The molecule has 2 aliphatic rings. The van der Waals surface area contributed by atoms with Gasteiger partial charge in [0.25, 0.3) is 11.8 Å². The highest BCUT2D eigenvalue weighted by Gasteiger charge is 2.41. The monoisotopic (exact) mass is 960 g/mol. The molecule has 0 bridgehead atoms. The first-order chi connectivity index (χ1) is 33.4. The van der Waals surface area contributed by atoms with Crippen LogP contribution >= 0.6 is 0 Å². The van der Waals surface area contributed by atoms with Crippen LogP contribution in [0.3, 0.4) is 0 Å². The highest BCUT2D eigenvalue weighted by molar-refractivity contribution is 5.96. The summed E-state index contributed by atoms with van der Waals surface area (Å²) in [6.45, 7) is 16.5. The predicted molar refractivity (Wildman–Crippen MR) is 262 cm³/mol. The van der Waals surface area contributed by atoms with E-state index in [4.69, 9.17) is 24.3 Å². The van der Waals surface area contributed by atoms with Crippen LogP contribution in [0, 0.1) is 41.5 Å². The van der Waals surface area contributed by atoms with Gasteiger partial charge >= 0.3 is 23.9 Å². The van der Waals surface area contributed by atoms with Crippen LogP contribution in [0.2, 0.25) is 0 Å². The molecule has 6 N–H and O–H groups in total. The summed E-state index contributed by atoms with van der Waals surface area (Å²) >= 11 is 0. The number of aromatic nitrogens is 2. The summed E-state index contributed by atoms with van der Waals surface area (Å²) in [5.41, 5.74) is 12.5. The molecule has 0 saturated heterocycles. The Labute approximate surface area is 407 Å². The Morgan fingerprint density at radius 2 is 1.26 bits per heavy atom. The SMILES string of the molecule is CC1=C(C)N2C(=C(NCc3c(C)cccc3C)C=C(C(=O)NCCOC(=O)CCCC(=O)O)C2OC(=O)CCCC(=O)OCCNC(=O)c2cc(NCc3c(C)cccc3C)c3nc(C)c(C)n3c2)N1. The summed E-state index contributed by atoms with van der Waals surface area (Å²) in [4.78, 5) is 83.1. The number of anilines is 1. The zero-order valence-electron chi connectivity index (χ0n) is 41.2. The van der Waals surface area contributed by atoms with Gasteiger partial charge in [0.2, 0.25) is 6.23 Å². The Bertz CT molecular complexity index is 2730. The first kappa shape index (κ1) is 51.8. The summed E-state index contributed by atoms with van der Waals surface area (Å²) in [5, 5.41) is 24.7. The van der Waals surface area contributed by atoms with Gasteiger partial charge in [-0.2, -0.15) is 0 Å². The van der Waals surface area contributed by atoms with Crippen molar-refractivity contribution in [2.45, 2.75) is 113 Å². The van der Waals surface area contributed by atoms with Gasteiger partial charge in [0.15, 0.2) is 5.65 Å². The standard InChI is InChI=1S/C52H64N8O10/c1-30-13-9-14-31(2)40(30)27-55-42-25-38(29-59-36(7)34(5)57-48(42)59)50(66)53-21-23-68-46(64)19-12-20-47(65)70-52-39(51(67)54-22-24-69-45(63)18-11-17-44(61)62)26-43(49-58-35(6)37(8)60(49)52)56-28-41-32(3)15-10-16-33(41)4/h9-10,13-16,25-26,29,52,55-56,58H,11-12,17-24,27-28H2,1-8H3,(H,53,66)(H,54,67)(H,61,62). The molecule has 2 amide bonds. The van der Waals surface area contributed by atoms with Crippen molar-refractivity contribution in [3.05, 3.63) is 134 Å². The minimum atomic E-state index is -1.20. The Morgan fingerprint density at radius 1 is 0.714 bits per heavy atom. The van der Waals surface area contributed by atoms with Crippen molar-refractivity contribution in [3.63, 3.8) is 0 Å². The van der Waals surface area contributed by atoms with Crippen LogP contribution in [0.25, 0.3) is 5.65 Å². The molecule has 0 spiro atoms. The number of hydrogen-bond acceptors (Lipinski definition) is 14. The Morgan fingerprint density at radius 3 is 1.84 bits per heavy atom. The van der Waals surface area contributed by atoms with Crippen LogP contribution in [0.4, 0.5) is 5.69 Å². The van der Waals surface area contributed by atoms with Crippen LogP contribution in [-0.2, 0) is 51.3 Å². The number of imidazole rings is 1. The number of fused-ring (bicyclic) bond motifs is 2. The number of esters is 3. The van der Waals surface area contributed by atoms with Gasteiger partial charge in [-0.1, -0.05) is 36.4 Å². The van der Waals surface area contributed by atoms with E-state index < -0.39 is 36.0 Å². The van der Waals surface area contributed by atoms with Crippen molar-refractivity contribution in [1.29, 1.82) is 0 Å². The van der Waals surface area contributed by atoms with Crippen molar-refractivity contribution in [2.24, 2.45) is 0 Å². The summed E-state index contributed by atoms with van der Waals surface area (Å²) in [6, 6.07) is 14.0. The Hall–Kier alpha value is -7.63. The first-order valence-electron chi connectivity index (χ1n) is 23.5. The Balaban J connectivity index is 1.04. The van der Waals surface area contributed by atoms with Crippen LogP contribution in [0.15, 0.2) is 83.2 Å². The normalized spacial score (nSPS) is 14.1. The molecule has 2 aromatic carbocycles. The number of aliphatic carboxylic acids is 1. The van der Waals surface area contributed by atoms with Gasteiger partial charge in [-0.25, -0.2) is 4.98 Å². The van der Waals surface area contributed by atoms with Gasteiger partial charge in [0, 0.05) is 62.1 Å². The van der Waals surface area contributed by atoms with Gasteiger partial charge < -0.3 is 50.3 Å². The number of benzene rings is 2. The fraction of sp³-hybridized carbons (Fsp3) is 0.404. The number of allylic oxidation sites excluding steroid dienone is 3.